The van der Waals surface area contributed by atoms with E-state index in [2.05, 4.69) is 26.2 Å². The highest BCUT2D eigenvalue weighted by atomic mass is 79.9. The summed E-state index contributed by atoms with van der Waals surface area (Å²) in [6, 6.07) is -0.552. The lowest BCUT2D eigenvalue weighted by Gasteiger charge is -2.22. The van der Waals surface area contributed by atoms with E-state index in [1.165, 1.54) is 12.3 Å². The van der Waals surface area contributed by atoms with Crippen LogP contribution in [0.1, 0.15) is 6.42 Å². The Kier molecular flexibility index (Phi) is 5.03. The molecule has 0 aliphatic heterocycles. The molecular weight excluding hydrogens is 324 g/mol. The van der Waals surface area contributed by atoms with Gasteiger partial charge in [0.25, 0.3) is 0 Å². The van der Waals surface area contributed by atoms with E-state index >= 15 is 0 Å². The van der Waals surface area contributed by atoms with Gasteiger partial charge in [-0.2, -0.15) is 13.2 Å². The van der Waals surface area contributed by atoms with Crippen LogP contribution in [-0.4, -0.2) is 28.9 Å². The minimum atomic E-state index is -4.45. The second-order valence-corrected chi connectivity index (χ2v) is 4.48. The minimum absolute atomic E-state index is 0.0839. The summed E-state index contributed by atoms with van der Waals surface area (Å²) in [5, 5.41) is 11.0. The molecule has 0 aromatic carbocycles. The fourth-order valence-electron chi connectivity index (χ4n) is 1.16. The summed E-state index contributed by atoms with van der Waals surface area (Å²) >= 11 is 8.65. The van der Waals surface area contributed by atoms with Crippen molar-refractivity contribution in [1.29, 1.82) is 0 Å². The molecule has 0 aliphatic carbocycles. The van der Waals surface area contributed by atoms with Gasteiger partial charge < -0.3 is 10.4 Å². The number of nitrogens with zero attached hydrogens (tertiary/aromatic N) is 1. The van der Waals surface area contributed by atoms with E-state index in [1.54, 1.807) is 0 Å². The highest BCUT2D eigenvalue weighted by Gasteiger charge is 2.39. The molecule has 8 heteroatoms. The molecule has 0 bridgehead atoms. The molecule has 1 unspecified atom stereocenters. The van der Waals surface area contributed by atoms with E-state index in [0.29, 0.717) is 4.47 Å². The number of nitrogens with one attached hydrogen (secondary N) is 1. The smallest absolute Gasteiger partial charge is 0.396 e. The van der Waals surface area contributed by atoms with Crippen molar-refractivity contribution < 1.29 is 18.3 Å². The van der Waals surface area contributed by atoms with Gasteiger partial charge in [0.2, 0.25) is 0 Å². The number of aliphatic hydroxyl groups excluding tert-OH is 1. The summed E-state index contributed by atoms with van der Waals surface area (Å²) in [5.74, 6) is 0. The van der Waals surface area contributed by atoms with Crippen LogP contribution in [0.15, 0.2) is 16.7 Å². The Morgan fingerprint density at radius 1 is 1.53 bits per heavy atom. The van der Waals surface area contributed by atoms with Gasteiger partial charge in [0.15, 0.2) is 0 Å². The monoisotopic (exact) mass is 332 g/mol. The molecule has 0 amide bonds. The number of aliphatic hydroxyl groups is 1. The quantitative estimate of drug-likeness (QED) is 0.832. The summed E-state index contributed by atoms with van der Waals surface area (Å²) in [4.78, 5) is 3.70. The number of hydrogen-bond acceptors (Lipinski definition) is 3. The SMILES string of the molecule is OCCC(Nc1cc(Cl)ncc1Br)C(F)(F)F. The van der Waals surface area contributed by atoms with Gasteiger partial charge in [-0.1, -0.05) is 11.6 Å². The van der Waals surface area contributed by atoms with Gasteiger partial charge in [0, 0.05) is 12.8 Å². The molecule has 0 fully saturated rings. The van der Waals surface area contributed by atoms with Gasteiger partial charge in [0.05, 0.1) is 10.2 Å². The molecule has 3 nitrogen and oxygen atoms in total. The average molecular weight is 334 g/mol. The highest BCUT2D eigenvalue weighted by molar-refractivity contribution is 9.10. The number of halogens is 5. The standard InChI is InChI=1S/C9H9BrClF3N2O/c10-5-4-15-8(11)3-6(5)16-7(1-2-17)9(12,13)14/h3-4,7,17H,1-2H2,(H,15,16). The zero-order valence-corrected chi connectivity index (χ0v) is 10.8. The molecular formula is C9H9BrClF3N2O. The Morgan fingerprint density at radius 3 is 2.71 bits per heavy atom. The predicted octanol–water partition coefficient (Wildman–Crippen LogP) is 3.22. The van der Waals surface area contributed by atoms with Crippen LogP contribution in [0.4, 0.5) is 18.9 Å². The first kappa shape index (κ1) is 14.5. The Hall–Kier alpha value is -0.530. The zero-order chi connectivity index (χ0) is 13.1. The number of pyridine rings is 1. The van der Waals surface area contributed by atoms with Crippen molar-refractivity contribution in [1.82, 2.24) is 4.98 Å². The van der Waals surface area contributed by atoms with Crippen molar-refractivity contribution in [3.8, 4) is 0 Å². The molecule has 0 aliphatic rings. The van der Waals surface area contributed by atoms with E-state index < -0.39 is 25.2 Å². The summed E-state index contributed by atoms with van der Waals surface area (Å²) in [6.45, 7) is -0.562. The van der Waals surface area contributed by atoms with Crippen LogP contribution in [0.25, 0.3) is 0 Å². The zero-order valence-electron chi connectivity index (χ0n) is 8.43. The van der Waals surface area contributed by atoms with Crippen LogP contribution >= 0.6 is 27.5 Å². The molecule has 17 heavy (non-hydrogen) atoms. The van der Waals surface area contributed by atoms with Crippen molar-refractivity contribution in [2.24, 2.45) is 0 Å². The molecule has 0 spiro atoms. The van der Waals surface area contributed by atoms with Crippen LogP contribution in [0, 0.1) is 0 Å². The lowest BCUT2D eigenvalue weighted by molar-refractivity contribution is -0.145. The van der Waals surface area contributed by atoms with Gasteiger partial charge in [-0.05, 0) is 28.4 Å². The summed E-state index contributed by atoms with van der Waals surface area (Å²) < 4.78 is 38.1. The van der Waals surface area contributed by atoms with Gasteiger partial charge in [-0.25, -0.2) is 4.98 Å². The number of aromatic nitrogens is 1. The number of hydrogen-bond donors (Lipinski definition) is 2. The van der Waals surface area contributed by atoms with Crippen LogP contribution in [-0.2, 0) is 0 Å². The molecule has 96 valence electrons. The lowest BCUT2D eigenvalue weighted by Crippen LogP contribution is -2.37. The normalized spacial score (nSPS) is 13.5. The van der Waals surface area contributed by atoms with E-state index in [0.717, 1.165) is 0 Å². The van der Waals surface area contributed by atoms with Gasteiger partial charge in [-0.3, -0.25) is 0 Å². The molecule has 0 saturated carbocycles. The number of alkyl halides is 3. The molecule has 1 aromatic rings. The first-order valence-electron chi connectivity index (χ1n) is 4.59. The summed E-state index contributed by atoms with van der Waals surface area (Å²) in [5.41, 5.74) is 0.181. The highest BCUT2D eigenvalue weighted by Crippen LogP contribution is 2.30. The van der Waals surface area contributed by atoms with Crippen molar-refractivity contribution >= 4 is 33.2 Å². The third-order valence-corrected chi connectivity index (χ3v) is 2.80. The Balaban J connectivity index is 2.89. The number of anilines is 1. The molecule has 1 rings (SSSR count). The van der Waals surface area contributed by atoms with Crippen molar-refractivity contribution in [2.75, 3.05) is 11.9 Å². The topological polar surface area (TPSA) is 45.1 Å². The van der Waals surface area contributed by atoms with Gasteiger partial charge >= 0.3 is 6.18 Å². The second-order valence-electron chi connectivity index (χ2n) is 3.24. The van der Waals surface area contributed by atoms with Crippen LogP contribution in [0.3, 0.4) is 0 Å². The van der Waals surface area contributed by atoms with Crippen LogP contribution < -0.4 is 5.32 Å². The van der Waals surface area contributed by atoms with Gasteiger partial charge in [-0.15, -0.1) is 0 Å². The van der Waals surface area contributed by atoms with E-state index in [1.807, 2.05) is 0 Å². The van der Waals surface area contributed by atoms with Crippen molar-refractivity contribution in [3.63, 3.8) is 0 Å². The van der Waals surface area contributed by atoms with E-state index in [-0.39, 0.29) is 10.8 Å². The first-order valence-corrected chi connectivity index (χ1v) is 5.77. The minimum Gasteiger partial charge on any atom is -0.396 e. The average Bonchev–Trinajstić information content (AvgIpc) is 2.21. The third-order valence-electron chi connectivity index (χ3n) is 1.96. The maximum atomic E-state index is 12.6. The fraction of sp³-hybridized carbons (Fsp3) is 0.444. The van der Waals surface area contributed by atoms with Crippen LogP contribution in [0.5, 0.6) is 0 Å². The molecule has 1 heterocycles. The molecule has 0 saturated heterocycles. The molecule has 1 aromatic heterocycles. The predicted molar refractivity (Wildman–Crippen MR) is 62.1 cm³/mol. The summed E-state index contributed by atoms with van der Waals surface area (Å²) in [6.07, 6.45) is -3.58. The van der Waals surface area contributed by atoms with Crippen LogP contribution in [0.2, 0.25) is 5.15 Å². The lowest BCUT2D eigenvalue weighted by atomic mass is 10.2. The maximum Gasteiger partial charge on any atom is 0.408 e. The fourth-order valence-corrected chi connectivity index (χ4v) is 1.65. The second kappa shape index (κ2) is 5.88. The summed E-state index contributed by atoms with van der Waals surface area (Å²) in [7, 11) is 0. The van der Waals surface area contributed by atoms with Gasteiger partial charge in [0.1, 0.15) is 11.2 Å². The maximum absolute atomic E-state index is 12.6. The van der Waals surface area contributed by atoms with Crippen molar-refractivity contribution in [2.45, 2.75) is 18.6 Å². The Morgan fingerprint density at radius 2 is 2.18 bits per heavy atom. The van der Waals surface area contributed by atoms with Crippen molar-refractivity contribution in [3.05, 3.63) is 21.9 Å². The first-order chi connectivity index (χ1) is 7.84. The van der Waals surface area contributed by atoms with E-state index in [4.69, 9.17) is 16.7 Å². The number of rotatable bonds is 4. The molecule has 2 N–H and O–H groups in total. The molecule has 1 atom stereocenters. The Labute approximate surface area is 109 Å². The Bertz CT molecular complexity index is 389. The molecule has 0 radical (unpaired) electrons. The third kappa shape index (κ3) is 4.33. The van der Waals surface area contributed by atoms with E-state index in [9.17, 15) is 13.2 Å². The largest absolute Gasteiger partial charge is 0.408 e.